The van der Waals surface area contributed by atoms with Crippen LogP contribution in [-0.2, 0) is 32.6 Å². The third-order valence-corrected chi connectivity index (χ3v) is 10.4. The second-order valence-corrected chi connectivity index (χ2v) is 14.1. The van der Waals surface area contributed by atoms with Crippen LogP contribution in [0.3, 0.4) is 0 Å². The van der Waals surface area contributed by atoms with Crippen molar-refractivity contribution in [2.75, 3.05) is 10.8 Å². The number of nitrogens with zero attached hydrogens (tertiary/aromatic N) is 2. The summed E-state index contributed by atoms with van der Waals surface area (Å²) >= 11 is 12.6. The molecule has 0 aliphatic rings. The van der Waals surface area contributed by atoms with Crippen LogP contribution >= 0.6 is 23.2 Å². The predicted octanol–water partition coefficient (Wildman–Crippen LogP) is 7.36. The van der Waals surface area contributed by atoms with Gasteiger partial charge >= 0.3 is 0 Å². The highest BCUT2D eigenvalue weighted by atomic mass is 35.5. The fourth-order valence-corrected chi connectivity index (χ4v) is 6.86. The maximum absolute atomic E-state index is 14.6. The smallest absolute Gasteiger partial charge is 0.264 e. The minimum Gasteiger partial charge on any atom is -0.352 e. The van der Waals surface area contributed by atoms with Crippen LogP contribution in [0, 0.1) is 13.8 Å². The number of anilines is 1. The van der Waals surface area contributed by atoms with Gasteiger partial charge in [0.1, 0.15) is 12.6 Å². The molecule has 0 aromatic heterocycles. The largest absolute Gasteiger partial charge is 0.352 e. The lowest BCUT2D eigenvalue weighted by Gasteiger charge is -2.34. The van der Waals surface area contributed by atoms with Gasteiger partial charge in [0.2, 0.25) is 11.8 Å². The van der Waals surface area contributed by atoms with Crippen molar-refractivity contribution in [3.63, 3.8) is 0 Å². The molecule has 4 rings (SSSR count). The molecule has 0 spiro atoms. The Labute approximate surface area is 282 Å². The molecular weight excluding hydrogens is 641 g/mol. The zero-order valence-electron chi connectivity index (χ0n) is 26.4. The van der Waals surface area contributed by atoms with Crippen molar-refractivity contribution < 1.29 is 18.0 Å². The number of carbonyl (C=O) groups is 2. The van der Waals surface area contributed by atoms with Gasteiger partial charge in [0, 0.05) is 19.0 Å². The summed E-state index contributed by atoms with van der Waals surface area (Å²) in [5, 5.41) is 3.70. The predicted molar refractivity (Wildman–Crippen MR) is 186 cm³/mol. The monoisotopic (exact) mass is 679 g/mol. The molecule has 2 amide bonds. The summed E-state index contributed by atoms with van der Waals surface area (Å²) in [7, 11) is -4.19. The molecule has 0 fully saturated rings. The third kappa shape index (κ3) is 8.69. The van der Waals surface area contributed by atoms with Crippen molar-refractivity contribution in [2.24, 2.45) is 0 Å². The molecule has 0 aliphatic heterocycles. The Hall–Kier alpha value is -3.85. The van der Waals surface area contributed by atoms with Gasteiger partial charge in [-0.05, 0) is 79.8 Å². The van der Waals surface area contributed by atoms with Gasteiger partial charge in [0.15, 0.2) is 0 Å². The molecule has 242 valence electrons. The average Bonchev–Trinajstić information content (AvgIpc) is 3.05. The molecule has 0 radical (unpaired) electrons. The number of aryl methyl sites for hydroxylation is 2. The van der Waals surface area contributed by atoms with E-state index in [0.717, 1.165) is 15.4 Å². The summed E-state index contributed by atoms with van der Waals surface area (Å²) in [6.07, 6.45) is 0.908. The van der Waals surface area contributed by atoms with Gasteiger partial charge in [-0.2, -0.15) is 0 Å². The number of rotatable bonds is 13. The highest BCUT2D eigenvalue weighted by molar-refractivity contribution is 7.92. The summed E-state index contributed by atoms with van der Waals surface area (Å²) in [5.74, 6) is -0.887. The summed E-state index contributed by atoms with van der Waals surface area (Å²) in [6, 6.07) is 26.8. The van der Waals surface area contributed by atoms with Gasteiger partial charge in [-0.15, -0.1) is 0 Å². The van der Waals surface area contributed by atoms with E-state index in [2.05, 4.69) is 5.32 Å². The van der Waals surface area contributed by atoms with Crippen molar-refractivity contribution in [1.29, 1.82) is 0 Å². The summed E-state index contributed by atoms with van der Waals surface area (Å²) in [4.78, 5) is 30.1. The number of amides is 2. The molecule has 4 aromatic rings. The lowest BCUT2D eigenvalue weighted by atomic mass is 10.0. The first-order valence-electron chi connectivity index (χ1n) is 15.1. The standard InChI is InChI=1S/C36H39Cl2N3O4S/c1-5-27(4)39-36(43)34(22-28-12-8-6-9-13-28)40(23-29-18-19-31(37)32(38)21-29)35(42)24-41(33-20-25(2)16-17-26(33)3)46(44,45)30-14-10-7-11-15-30/h6-21,27,34H,5,22-24H2,1-4H3,(H,39,43)/t27-,34-/m1/s1. The number of nitrogens with one attached hydrogen (secondary N) is 1. The second-order valence-electron chi connectivity index (χ2n) is 11.4. The van der Waals surface area contributed by atoms with Crippen LogP contribution in [0.15, 0.2) is 102 Å². The Morgan fingerprint density at radius 3 is 2.11 bits per heavy atom. The van der Waals surface area contributed by atoms with E-state index in [9.17, 15) is 18.0 Å². The quantitative estimate of drug-likeness (QED) is 0.160. The summed E-state index contributed by atoms with van der Waals surface area (Å²) < 4.78 is 29.6. The molecule has 2 atom stereocenters. The molecule has 10 heteroatoms. The number of hydrogen-bond acceptors (Lipinski definition) is 4. The van der Waals surface area contributed by atoms with E-state index in [0.29, 0.717) is 33.3 Å². The van der Waals surface area contributed by atoms with E-state index in [-0.39, 0.29) is 29.8 Å². The Balaban J connectivity index is 1.85. The molecule has 0 aliphatic carbocycles. The number of halogens is 2. The molecule has 7 nitrogen and oxygen atoms in total. The van der Waals surface area contributed by atoms with Crippen LogP contribution in [0.4, 0.5) is 5.69 Å². The Bertz CT molecular complexity index is 1770. The highest BCUT2D eigenvalue weighted by Gasteiger charge is 2.35. The van der Waals surface area contributed by atoms with Crippen molar-refractivity contribution in [3.8, 4) is 0 Å². The zero-order chi connectivity index (χ0) is 33.4. The normalized spacial score (nSPS) is 12.7. The van der Waals surface area contributed by atoms with Crippen molar-refractivity contribution in [1.82, 2.24) is 10.2 Å². The maximum atomic E-state index is 14.6. The van der Waals surface area contributed by atoms with E-state index < -0.39 is 28.5 Å². The van der Waals surface area contributed by atoms with E-state index in [4.69, 9.17) is 23.2 Å². The van der Waals surface area contributed by atoms with E-state index in [1.165, 1.54) is 17.0 Å². The minimum absolute atomic E-state index is 0.00677. The van der Waals surface area contributed by atoms with Crippen LogP contribution in [-0.4, -0.2) is 43.8 Å². The van der Waals surface area contributed by atoms with Crippen molar-refractivity contribution in [2.45, 2.75) is 64.1 Å². The molecular formula is C36H39Cl2N3O4S. The van der Waals surface area contributed by atoms with Crippen molar-refractivity contribution in [3.05, 3.63) is 129 Å². The molecule has 4 aromatic carbocycles. The molecule has 0 bridgehead atoms. The molecule has 0 saturated heterocycles. The number of hydrogen-bond donors (Lipinski definition) is 1. The third-order valence-electron chi connectivity index (χ3n) is 7.85. The summed E-state index contributed by atoms with van der Waals surface area (Å²) in [6.45, 7) is 6.99. The second kappa shape index (κ2) is 15.6. The van der Waals surface area contributed by atoms with E-state index >= 15 is 0 Å². The molecule has 46 heavy (non-hydrogen) atoms. The minimum atomic E-state index is -4.19. The van der Waals surface area contributed by atoms with Gasteiger partial charge in [0.05, 0.1) is 20.6 Å². The fraction of sp³-hybridized carbons (Fsp3) is 0.278. The van der Waals surface area contributed by atoms with Gasteiger partial charge < -0.3 is 10.2 Å². The van der Waals surface area contributed by atoms with Gasteiger partial charge in [-0.3, -0.25) is 13.9 Å². The van der Waals surface area contributed by atoms with Crippen LogP contribution in [0.25, 0.3) is 0 Å². The molecule has 1 N–H and O–H groups in total. The lowest BCUT2D eigenvalue weighted by molar-refractivity contribution is -0.140. The molecule has 0 unspecified atom stereocenters. The van der Waals surface area contributed by atoms with Gasteiger partial charge in [-0.25, -0.2) is 8.42 Å². The first-order chi connectivity index (χ1) is 21.9. The number of sulfonamides is 1. The lowest BCUT2D eigenvalue weighted by Crippen LogP contribution is -2.54. The Morgan fingerprint density at radius 2 is 1.48 bits per heavy atom. The first kappa shape index (κ1) is 35.0. The van der Waals surface area contributed by atoms with E-state index in [1.807, 2.05) is 63.2 Å². The van der Waals surface area contributed by atoms with Crippen LogP contribution in [0.1, 0.15) is 42.5 Å². The Morgan fingerprint density at radius 1 is 0.826 bits per heavy atom. The maximum Gasteiger partial charge on any atom is 0.264 e. The zero-order valence-corrected chi connectivity index (χ0v) is 28.7. The summed E-state index contributed by atoms with van der Waals surface area (Å²) in [5.41, 5.74) is 3.40. The first-order valence-corrected chi connectivity index (χ1v) is 17.3. The highest BCUT2D eigenvalue weighted by Crippen LogP contribution is 2.29. The molecule has 0 heterocycles. The average molecular weight is 681 g/mol. The van der Waals surface area contributed by atoms with Gasteiger partial charge in [0.25, 0.3) is 10.0 Å². The Kier molecular flexibility index (Phi) is 11.9. The number of benzene rings is 4. The van der Waals surface area contributed by atoms with Crippen LogP contribution in [0.2, 0.25) is 10.0 Å². The van der Waals surface area contributed by atoms with Crippen LogP contribution < -0.4 is 9.62 Å². The molecule has 0 saturated carbocycles. The van der Waals surface area contributed by atoms with Crippen LogP contribution in [0.5, 0.6) is 0 Å². The van der Waals surface area contributed by atoms with Gasteiger partial charge in [-0.1, -0.05) is 96.9 Å². The van der Waals surface area contributed by atoms with Crippen molar-refractivity contribution >= 4 is 50.7 Å². The SMILES string of the molecule is CC[C@@H](C)NC(=O)[C@@H](Cc1ccccc1)N(Cc1ccc(Cl)c(Cl)c1)C(=O)CN(c1cc(C)ccc1C)S(=O)(=O)c1ccccc1. The fourth-order valence-electron chi connectivity index (χ4n) is 5.05. The van der Waals surface area contributed by atoms with E-state index in [1.54, 1.807) is 49.4 Å². The number of carbonyl (C=O) groups excluding carboxylic acids is 2. The topological polar surface area (TPSA) is 86.8 Å².